The van der Waals surface area contributed by atoms with Crippen LogP contribution in [0.3, 0.4) is 0 Å². The lowest BCUT2D eigenvalue weighted by Gasteiger charge is -2.34. The van der Waals surface area contributed by atoms with Crippen molar-refractivity contribution in [1.29, 1.82) is 0 Å². The zero-order chi connectivity index (χ0) is 26.2. The maximum absolute atomic E-state index is 13.6. The normalized spacial score (nSPS) is 15.0. The van der Waals surface area contributed by atoms with Gasteiger partial charge in [-0.2, -0.15) is 0 Å². The number of amides is 1. The number of aryl methyl sites for hydroxylation is 2. The van der Waals surface area contributed by atoms with E-state index in [0.717, 1.165) is 16.7 Å². The number of benzene rings is 3. The van der Waals surface area contributed by atoms with Crippen LogP contribution in [-0.4, -0.2) is 44.3 Å². The Bertz CT molecular complexity index is 1550. The van der Waals surface area contributed by atoms with Crippen LogP contribution in [0.25, 0.3) is 10.6 Å². The molecule has 2 heterocycles. The molecule has 4 aromatic rings. The molecule has 1 amide bonds. The second-order valence-electron chi connectivity index (χ2n) is 8.56. The van der Waals surface area contributed by atoms with Gasteiger partial charge in [-0.05, 0) is 55.8 Å². The van der Waals surface area contributed by atoms with Crippen molar-refractivity contribution in [2.24, 2.45) is 0 Å². The van der Waals surface area contributed by atoms with Crippen LogP contribution in [0.1, 0.15) is 11.1 Å². The summed E-state index contributed by atoms with van der Waals surface area (Å²) in [5.74, 6) is 0.316. The summed E-state index contributed by atoms with van der Waals surface area (Å²) < 4.78 is 39.6. The number of ether oxygens (including phenoxy) is 2. The molecule has 0 fully saturated rings. The third kappa shape index (κ3) is 5.00. The smallest absolute Gasteiger partial charge is 0.269 e. The van der Waals surface area contributed by atoms with Crippen molar-refractivity contribution in [1.82, 2.24) is 10.2 Å². The number of hydrogen-bond acceptors (Lipinski definition) is 8. The van der Waals surface area contributed by atoms with Gasteiger partial charge in [0, 0.05) is 5.56 Å². The van der Waals surface area contributed by atoms with Gasteiger partial charge in [-0.3, -0.25) is 14.4 Å². The summed E-state index contributed by atoms with van der Waals surface area (Å²) in [4.78, 5) is 13.3. The third-order valence-electron chi connectivity index (χ3n) is 5.88. The lowest BCUT2D eigenvalue weighted by atomic mass is 10.1. The van der Waals surface area contributed by atoms with Crippen molar-refractivity contribution in [3.63, 3.8) is 0 Å². The van der Waals surface area contributed by atoms with Gasteiger partial charge in [0.05, 0.1) is 24.2 Å². The molecule has 1 aromatic heterocycles. The molecule has 190 valence electrons. The summed E-state index contributed by atoms with van der Waals surface area (Å²) in [6, 6.07) is 19.1. The molecule has 0 unspecified atom stereocenters. The topological polar surface area (TPSA) is 111 Å². The van der Waals surface area contributed by atoms with Crippen molar-refractivity contribution >= 4 is 38.1 Å². The molecule has 0 radical (unpaired) electrons. The number of aromatic nitrogens is 2. The summed E-state index contributed by atoms with van der Waals surface area (Å²) in [6.07, 6.45) is -1.10. The number of hydrogen-bond donors (Lipinski definition) is 1. The van der Waals surface area contributed by atoms with Gasteiger partial charge in [-0.15, -0.1) is 10.2 Å². The highest BCUT2D eigenvalue weighted by Crippen LogP contribution is 2.38. The molecule has 0 aliphatic carbocycles. The molecule has 1 atom stereocenters. The van der Waals surface area contributed by atoms with Gasteiger partial charge in [-0.25, -0.2) is 8.42 Å². The van der Waals surface area contributed by atoms with Crippen LogP contribution in [0.4, 0.5) is 10.8 Å². The van der Waals surface area contributed by atoms with E-state index in [9.17, 15) is 13.2 Å². The van der Waals surface area contributed by atoms with Gasteiger partial charge in [0.2, 0.25) is 5.13 Å². The number of nitrogens with one attached hydrogen (secondary N) is 1. The van der Waals surface area contributed by atoms with Crippen molar-refractivity contribution in [3.05, 3.63) is 77.9 Å². The molecule has 0 saturated carbocycles. The van der Waals surface area contributed by atoms with Crippen LogP contribution in [0.15, 0.2) is 71.6 Å². The fourth-order valence-corrected chi connectivity index (χ4v) is 6.09. The lowest BCUT2D eigenvalue weighted by molar-refractivity contribution is -0.122. The fourth-order valence-electron chi connectivity index (χ4n) is 3.87. The predicted octanol–water partition coefficient (Wildman–Crippen LogP) is 4.43. The Morgan fingerprint density at radius 1 is 1.03 bits per heavy atom. The number of rotatable bonds is 6. The molecular formula is C26H24N4O5S2. The van der Waals surface area contributed by atoms with Crippen molar-refractivity contribution in [2.75, 3.05) is 23.3 Å². The molecule has 9 nitrogen and oxygen atoms in total. The zero-order valence-electron chi connectivity index (χ0n) is 20.3. The summed E-state index contributed by atoms with van der Waals surface area (Å²) in [7, 11) is -2.49. The van der Waals surface area contributed by atoms with Crippen molar-refractivity contribution in [3.8, 4) is 22.1 Å². The molecule has 5 rings (SSSR count). The molecule has 0 spiro atoms. The summed E-state index contributed by atoms with van der Waals surface area (Å²) >= 11 is 1.22. The zero-order valence-corrected chi connectivity index (χ0v) is 22.0. The van der Waals surface area contributed by atoms with E-state index < -0.39 is 22.0 Å². The van der Waals surface area contributed by atoms with Crippen molar-refractivity contribution < 1.29 is 22.7 Å². The summed E-state index contributed by atoms with van der Waals surface area (Å²) in [6.45, 7) is 3.65. The van der Waals surface area contributed by atoms with E-state index >= 15 is 0 Å². The number of carbonyl (C=O) groups excluding carboxylic acids is 1. The Morgan fingerprint density at radius 2 is 1.73 bits per heavy atom. The van der Waals surface area contributed by atoms with Crippen LogP contribution >= 0.6 is 11.3 Å². The van der Waals surface area contributed by atoms with Crippen LogP contribution in [-0.2, 0) is 14.8 Å². The Kier molecular flexibility index (Phi) is 6.57. The molecule has 37 heavy (non-hydrogen) atoms. The van der Waals surface area contributed by atoms with E-state index in [-0.39, 0.29) is 11.4 Å². The van der Waals surface area contributed by atoms with Gasteiger partial charge in [0.25, 0.3) is 15.9 Å². The first-order valence-corrected chi connectivity index (χ1v) is 13.7. The van der Waals surface area contributed by atoms with E-state index in [2.05, 4.69) is 15.5 Å². The summed E-state index contributed by atoms with van der Waals surface area (Å²) in [5, 5.41) is 11.9. The van der Waals surface area contributed by atoms with Crippen LogP contribution in [0, 0.1) is 13.8 Å². The summed E-state index contributed by atoms with van der Waals surface area (Å²) in [5.41, 5.74) is 3.24. The highest BCUT2D eigenvalue weighted by atomic mass is 32.2. The predicted molar refractivity (Wildman–Crippen MR) is 142 cm³/mol. The van der Waals surface area contributed by atoms with Gasteiger partial charge < -0.3 is 9.47 Å². The van der Waals surface area contributed by atoms with E-state index in [1.165, 1.54) is 34.9 Å². The maximum Gasteiger partial charge on any atom is 0.269 e. The van der Waals surface area contributed by atoms with E-state index in [4.69, 9.17) is 9.47 Å². The van der Waals surface area contributed by atoms with E-state index in [0.29, 0.717) is 27.3 Å². The standard InChI is InChI=1S/C26H24N4O5S2/c1-16-4-7-18(8-5-16)25-28-29-26(36-25)27-24(31)23-15-30(21-14-17(2)6-13-22(21)35-23)37(32,33)20-11-9-19(34-3)10-12-20/h4-14,23H,15H2,1-3H3,(H,27,29,31)/t23-/m0/s1. The van der Waals surface area contributed by atoms with Gasteiger partial charge in [0.15, 0.2) is 6.10 Å². The molecule has 1 N–H and O–H groups in total. The quantitative estimate of drug-likeness (QED) is 0.388. The Morgan fingerprint density at radius 3 is 2.43 bits per heavy atom. The van der Waals surface area contributed by atoms with Crippen LogP contribution in [0.2, 0.25) is 0 Å². The third-order valence-corrected chi connectivity index (χ3v) is 8.56. The molecule has 3 aromatic carbocycles. The highest BCUT2D eigenvalue weighted by Gasteiger charge is 2.38. The van der Waals surface area contributed by atoms with E-state index in [1.54, 1.807) is 30.3 Å². The minimum absolute atomic E-state index is 0.0775. The second-order valence-corrected chi connectivity index (χ2v) is 11.4. The Labute approximate surface area is 218 Å². The number of anilines is 2. The van der Waals surface area contributed by atoms with E-state index in [1.807, 2.05) is 38.1 Å². The maximum atomic E-state index is 13.6. The minimum Gasteiger partial charge on any atom is -0.497 e. The van der Waals surface area contributed by atoms with Crippen LogP contribution in [0.5, 0.6) is 11.5 Å². The SMILES string of the molecule is COc1ccc(S(=O)(=O)N2C[C@@H](C(=O)Nc3nnc(-c4ccc(C)cc4)s3)Oc3ccc(C)cc32)cc1. The molecule has 1 aliphatic heterocycles. The highest BCUT2D eigenvalue weighted by molar-refractivity contribution is 7.92. The number of nitrogens with zero attached hydrogens (tertiary/aromatic N) is 3. The molecule has 0 bridgehead atoms. The molecular weight excluding hydrogens is 512 g/mol. The first-order valence-electron chi connectivity index (χ1n) is 11.4. The fraction of sp³-hybridized carbons (Fsp3) is 0.192. The first-order chi connectivity index (χ1) is 17.7. The molecule has 1 aliphatic rings. The Balaban J connectivity index is 1.41. The van der Waals surface area contributed by atoms with Gasteiger partial charge in [0.1, 0.15) is 16.5 Å². The molecule has 11 heteroatoms. The first kappa shape index (κ1) is 24.7. The molecule has 0 saturated heterocycles. The largest absolute Gasteiger partial charge is 0.497 e. The number of carbonyl (C=O) groups is 1. The average Bonchev–Trinajstić information content (AvgIpc) is 3.36. The van der Waals surface area contributed by atoms with Gasteiger partial charge >= 0.3 is 0 Å². The van der Waals surface area contributed by atoms with Crippen molar-refractivity contribution in [2.45, 2.75) is 24.8 Å². The number of methoxy groups -OCH3 is 1. The average molecular weight is 537 g/mol. The monoisotopic (exact) mass is 536 g/mol. The van der Waals surface area contributed by atoms with Crippen LogP contribution < -0.4 is 19.1 Å². The second kappa shape index (κ2) is 9.83. The lowest BCUT2D eigenvalue weighted by Crippen LogP contribution is -2.48. The number of sulfonamides is 1. The minimum atomic E-state index is -4.00. The van der Waals surface area contributed by atoms with Gasteiger partial charge in [-0.1, -0.05) is 47.2 Å². The Hall–Kier alpha value is -3.96. The number of fused-ring (bicyclic) bond motifs is 1.